The van der Waals surface area contributed by atoms with Crippen molar-refractivity contribution in [1.29, 1.82) is 0 Å². The second-order valence-corrected chi connectivity index (χ2v) is 7.17. The third kappa shape index (κ3) is 5.61. The molecule has 0 spiro atoms. The molecule has 2 N–H and O–H groups in total. The average Bonchev–Trinajstić information content (AvgIpc) is 3.10. The van der Waals surface area contributed by atoms with Gasteiger partial charge in [-0.3, -0.25) is 14.5 Å². The molecule has 2 aromatic rings. The average molecular weight is 425 g/mol. The Morgan fingerprint density at radius 1 is 1.13 bits per heavy atom. The lowest BCUT2D eigenvalue weighted by atomic mass is 10.00. The van der Waals surface area contributed by atoms with E-state index in [0.29, 0.717) is 30.8 Å². The molecule has 8 heteroatoms. The number of hydrogen-bond acceptors (Lipinski definition) is 5. The van der Waals surface area contributed by atoms with Crippen LogP contribution in [0.1, 0.15) is 30.6 Å². The van der Waals surface area contributed by atoms with E-state index < -0.39 is 18.2 Å². The quantitative estimate of drug-likeness (QED) is 0.602. The number of carbonyl (C=O) groups is 3. The van der Waals surface area contributed by atoms with E-state index in [2.05, 4.69) is 10.6 Å². The molecule has 1 aliphatic rings. The number of rotatable bonds is 9. The van der Waals surface area contributed by atoms with Crippen LogP contribution in [0, 0.1) is 0 Å². The number of benzene rings is 2. The molecule has 0 aliphatic carbocycles. The molecule has 1 heterocycles. The number of methoxy groups -OCH3 is 1. The predicted octanol–water partition coefficient (Wildman–Crippen LogP) is 2.86. The van der Waals surface area contributed by atoms with Gasteiger partial charge in [0.25, 0.3) is 0 Å². The van der Waals surface area contributed by atoms with Crippen LogP contribution in [0.4, 0.5) is 10.5 Å². The van der Waals surface area contributed by atoms with Gasteiger partial charge >= 0.3 is 6.09 Å². The van der Waals surface area contributed by atoms with Gasteiger partial charge in [0.2, 0.25) is 11.8 Å². The van der Waals surface area contributed by atoms with Crippen LogP contribution in [0.15, 0.2) is 54.6 Å². The molecule has 0 radical (unpaired) electrons. The van der Waals surface area contributed by atoms with E-state index in [1.54, 1.807) is 38.3 Å². The van der Waals surface area contributed by atoms with Gasteiger partial charge in [-0.05, 0) is 23.3 Å². The summed E-state index contributed by atoms with van der Waals surface area (Å²) in [4.78, 5) is 39.0. The summed E-state index contributed by atoms with van der Waals surface area (Å²) in [5.74, 6) is -0.452. The third-order valence-corrected chi connectivity index (χ3v) is 4.97. The predicted molar refractivity (Wildman–Crippen MR) is 115 cm³/mol. The van der Waals surface area contributed by atoms with E-state index in [1.807, 2.05) is 30.3 Å². The number of nitrogens with one attached hydrogen (secondary N) is 2. The standard InChI is InChI=1S/C23H27N3O5/c1-3-19(27)25-18-11-7-10-17(14-18)21-20(22(28)24-12-13-30-2)26(23(29)31-21)15-16-8-5-4-6-9-16/h4-11,14,20-21H,3,12-13,15H2,1-2H3,(H,24,28)(H,25,27)/t20-,21-/m0/s1. The summed E-state index contributed by atoms with van der Waals surface area (Å²) in [7, 11) is 1.55. The van der Waals surface area contributed by atoms with E-state index in [4.69, 9.17) is 9.47 Å². The van der Waals surface area contributed by atoms with Crippen molar-refractivity contribution in [2.75, 3.05) is 25.6 Å². The van der Waals surface area contributed by atoms with Crippen molar-refractivity contribution < 1.29 is 23.9 Å². The molecule has 1 fully saturated rings. The van der Waals surface area contributed by atoms with Crippen molar-refractivity contribution >= 4 is 23.6 Å². The second-order valence-electron chi connectivity index (χ2n) is 7.17. The van der Waals surface area contributed by atoms with Gasteiger partial charge in [-0.15, -0.1) is 0 Å². The number of nitrogens with zero attached hydrogens (tertiary/aromatic N) is 1. The van der Waals surface area contributed by atoms with Crippen molar-refractivity contribution in [2.45, 2.75) is 32.0 Å². The van der Waals surface area contributed by atoms with Crippen LogP contribution in [0.25, 0.3) is 0 Å². The van der Waals surface area contributed by atoms with Crippen LogP contribution in [-0.4, -0.2) is 49.1 Å². The van der Waals surface area contributed by atoms with Gasteiger partial charge in [0.1, 0.15) is 0 Å². The van der Waals surface area contributed by atoms with Gasteiger partial charge in [-0.2, -0.15) is 0 Å². The van der Waals surface area contributed by atoms with Gasteiger partial charge < -0.3 is 20.1 Å². The van der Waals surface area contributed by atoms with Crippen LogP contribution < -0.4 is 10.6 Å². The summed E-state index contributed by atoms with van der Waals surface area (Å²) >= 11 is 0. The molecular weight excluding hydrogens is 398 g/mol. The zero-order valence-electron chi connectivity index (χ0n) is 17.7. The van der Waals surface area contributed by atoms with Crippen LogP contribution in [-0.2, 0) is 25.6 Å². The van der Waals surface area contributed by atoms with Crippen molar-refractivity contribution in [3.05, 3.63) is 65.7 Å². The topological polar surface area (TPSA) is 97.0 Å². The fraction of sp³-hybridized carbons (Fsp3) is 0.348. The SMILES string of the molecule is CCC(=O)Nc1cccc([C@@H]2OC(=O)N(Cc3ccccc3)[C@@H]2C(=O)NCCOC)c1. The van der Waals surface area contributed by atoms with E-state index in [1.165, 1.54) is 4.90 Å². The van der Waals surface area contributed by atoms with Gasteiger partial charge in [0, 0.05) is 25.8 Å². The van der Waals surface area contributed by atoms with Crippen LogP contribution >= 0.6 is 0 Å². The van der Waals surface area contributed by atoms with Gasteiger partial charge in [-0.25, -0.2) is 4.79 Å². The summed E-state index contributed by atoms with van der Waals surface area (Å²) in [6.45, 7) is 2.68. The smallest absolute Gasteiger partial charge is 0.411 e. The Morgan fingerprint density at radius 2 is 1.90 bits per heavy atom. The van der Waals surface area contributed by atoms with Gasteiger partial charge in [0.05, 0.1) is 13.2 Å². The minimum absolute atomic E-state index is 0.125. The minimum Gasteiger partial charge on any atom is -0.438 e. The molecule has 0 bridgehead atoms. The number of cyclic esters (lactones) is 1. The Labute approximate surface area is 181 Å². The highest BCUT2D eigenvalue weighted by atomic mass is 16.6. The van der Waals surface area contributed by atoms with Crippen LogP contribution in [0.2, 0.25) is 0 Å². The summed E-state index contributed by atoms with van der Waals surface area (Å²) in [5, 5.41) is 5.60. The van der Waals surface area contributed by atoms with Crippen molar-refractivity contribution in [1.82, 2.24) is 10.2 Å². The fourth-order valence-corrected chi connectivity index (χ4v) is 3.41. The Bertz CT molecular complexity index is 918. The Balaban J connectivity index is 1.88. The van der Waals surface area contributed by atoms with Crippen LogP contribution in [0.5, 0.6) is 0 Å². The van der Waals surface area contributed by atoms with Crippen molar-refractivity contribution in [2.24, 2.45) is 0 Å². The Kier molecular flexibility index (Phi) is 7.61. The third-order valence-electron chi connectivity index (χ3n) is 4.97. The highest BCUT2D eigenvalue weighted by Crippen LogP contribution is 2.35. The number of carbonyl (C=O) groups excluding carboxylic acids is 3. The highest BCUT2D eigenvalue weighted by molar-refractivity contribution is 5.91. The number of hydrogen-bond donors (Lipinski definition) is 2. The summed E-state index contributed by atoms with van der Waals surface area (Å²) in [6.07, 6.45) is -1.03. The molecule has 31 heavy (non-hydrogen) atoms. The Morgan fingerprint density at radius 3 is 2.61 bits per heavy atom. The first-order valence-electron chi connectivity index (χ1n) is 10.2. The van der Waals surface area contributed by atoms with Crippen LogP contribution in [0.3, 0.4) is 0 Å². The van der Waals surface area contributed by atoms with E-state index in [-0.39, 0.29) is 18.4 Å². The molecule has 3 amide bonds. The summed E-state index contributed by atoms with van der Waals surface area (Å²) in [6, 6.07) is 15.6. The molecule has 1 saturated heterocycles. The lowest BCUT2D eigenvalue weighted by Crippen LogP contribution is -2.47. The second kappa shape index (κ2) is 10.6. The largest absolute Gasteiger partial charge is 0.438 e. The zero-order valence-corrected chi connectivity index (χ0v) is 17.7. The highest BCUT2D eigenvalue weighted by Gasteiger charge is 2.46. The lowest BCUT2D eigenvalue weighted by molar-refractivity contribution is -0.126. The monoisotopic (exact) mass is 425 g/mol. The minimum atomic E-state index is -0.860. The van der Waals surface area contributed by atoms with E-state index in [0.717, 1.165) is 5.56 Å². The summed E-state index contributed by atoms with van der Waals surface area (Å²) in [5.41, 5.74) is 2.10. The maximum atomic E-state index is 13.0. The van der Waals surface area contributed by atoms with Gasteiger partial charge in [-0.1, -0.05) is 49.4 Å². The lowest BCUT2D eigenvalue weighted by Gasteiger charge is -2.24. The number of amides is 3. The molecular formula is C23H27N3O5. The first kappa shape index (κ1) is 22.3. The molecule has 3 rings (SSSR count). The van der Waals surface area contributed by atoms with Gasteiger partial charge in [0.15, 0.2) is 12.1 Å². The molecule has 2 atom stereocenters. The normalized spacial score (nSPS) is 17.9. The fourth-order valence-electron chi connectivity index (χ4n) is 3.41. The molecule has 164 valence electrons. The molecule has 8 nitrogen and oxygen atoms in total. The van der Waals surface area contributed by atoms with E-state index >= 15 is 0 Å². The Hall–Kier alpha value is -3.39. The summed E-state index contributed by atoms with van der Waals surface area (Å²) < 4.78 is 10.6. The maximum absolute atomic E-state index is 13.0. The molecule has 0 aromatic heterocycles. The molecule has 2 aromatic carbocycles. The number of anilines is 1. The zero-order chi connectivity index (χ0) is 22.2. The molecule has 1 aliphatic heterocycles. The van der Waals surface area contributed by atoms with E-state index in [9.17, 15) is 14.4 Å². The van der Waals surface area contributed by atoms with Crippen molar-refractivity contribution in [3.8, 4) is 0 Å². The molecule has 0 saturated carbocycles. The molecule has 0 unspecified atom stereocenters. The first-order chi connectivity index (χ1) is 15.0. The number of ether oxygens (including phenoxy) is 2. The first-order valence-corrected chi connectivity index (χ1v) is 10.2. The maximum Gasteiger partial charge on any atom is 0.411 e. The van der Waals surface area contributed by atoms with Crippen molar-refractivity contribution in [3.63, 3.8) is 0 Å².